The SMILES string of the molecule is C=CCO[C@H]1[C@@H](O)[C@H](O)[C@@H](CO)O[C@H]1O. The van der Waals surface area contributed by atoms with E-state index in [1.165, 1.54) is 6.08 Å². The maximum Gasteiger partial charge on any atom is 0.184 e. The van der Waals surface area contributed by atoms with Crippen LogP contribution < -0.4 is 0 Å². The quantitative estimate of drug-likeness (QED) is 0.408. The summed E-state index contributed by atoms with van der Waals surface area (Å²) in [6.07, 6.45) is -4.55. The summed E-state index contributed by atoms with van der Waals surface area (Å²) in [6.45, 7) is 3.05. The Bertz CT molecular complexity index is 209. The normalized spacial score (nSPS) is 41.5. The average molecular weight is 220 g/mol. The van der Waals surface area contributed by atoms with Crippen molar-refractivity contribution in [2.24, 2.45) is 0 Å². The second-order valence-corrected chi connectivity index (χ2v) is 3.32. The number of aliphatic hydroxyl groups excluding tert-OH is 4. The van der Waals surface area contributed by atoms with Crippen molar-refractivity contribution >= 4 is 0 Å². The molecule has 1 rings (SSSR count). The Morgan fingerprint density at radius 2 is 1.93 bits per heavy atom. The Morgan fingerprint density at radius 1 is 1.27 bits per heavy atom. The fourth-order valence-electron chi connectivity index (χ4n) is 1.43. The Labute approximate surface area is 87.4 Å². The van der Waals surface area contributed by atoms with Crippen LogP contribution in [0.5, 0.6) is 0 Å². The van der Waals surface area contributed by atoms with Crippen LogP contribution in [-0.2, 0) is 9.47 Å². The summed E-state index contributed by atoms with van der Waals surface area (Å²) in [4.78, 5) is 0. The monoisotopic (exact) mass is 220 g/mol. The highest BCUT2D eigenvalue weighted by molar-refractivity contribution is 4.89. The zero-order valence-electron chi connectivity index (χ0n) is 8.19. The van der Waals surface area contributed by atoms with Crippen molar-refractivity contribution < 1.29 is 29.9 Å². The van der Waals surface area contributed by atoms with Gasteiger partial charge in [0.1, 0.15) is 24.4 Å². The molecule has 0 aromatic carbocycles. The van der Waals surface area contributed by atoms with Gasteiger partial charge in [-0.1, -0.05) is 6.08 Å². The standard InChI is InChI=1S/C9H16O6/c1-2-3-14-8-7(12)6(11)5(4-10)15-9(8)13/h2,5-13H,1,3-4H2/t5-,6-,7+,8+,9-/m1/s1. The van der Waals surface area contributed by atoms with Crippen LogP contribution in [0.3, 0.4) is 0 Å². The average Bonchev–Trinajstić information content (AvgIpc) is 2.23. The van der Waals surface area contributed by atoms with Crippen LogP contribution in [0.25, 0.3) is 0 Å². The van der Waals surface area contributed by atoms with Crippen LogP contribution in [0.1, 0.15) is 0 Å². The molecule has 1 aliphatic rings. The molecule has 1 fully saturated rings. The highest BCUT2D eigenvalue weighted by Gasteiger charge is 2.44. The molecule has 1 saturated heterocycles. The lowest BCUT2D eigenvalue weighted by Gasteiger charge is -2.39. The summed E-state index contributed by atoms with van der Waals surface area (Å²) in [7, 11) is 0. The molecule has 6 nitrogen and oxygen atoms in total. The molecule has 6 heteroatoms. The molecule has 5 atom stereocenters. The Balaban J connectivity index is 2.61. The minimum Gasteiger partial charge on any atom is -0.394 e. The van der Waals surface area contributed by atoms with Crippen molar-refractivity contribution in [1.29, 1.82) is 0 Å². The Morgan fingerprint density at radius 3 is 2.47 bits per heavy atom. The Kier molecular flexibility index (Phi) is 4.65. The van der Waals surface area contributed by atoms with E-state index >= 15 is 0 Å². The van der Waals surface area contributed by atoms with Crippen LogP contribution >= 0.6 is 0 Å². The molecule has 0 aromatic heterocycles. The van der Waals surface area contributed by atoms with Crippen LogP contribution in [-0.4, -0.2) is 64.3 Å². The van der Waals surface area contributed by atoms with Crippen LogP contribution in [0.15, 0.2) is 12.7 Å². The molecule has 1 aliphatic heterocycles. The van der Waals surface area contributed by atoms with Gasteiger partial charge in [-0.2, -0.15) is 0 Å². The molecule has 0 aliphatic carbocycles. The first-order chi connectivity index (χ1) is 7.11. The minimum atomic E-state index is -1.37. The summed E-state index contributed by atoms with van der Waals surface area (Å²) < 4.78 is 9.90. The van der Waals surface area contributed by atoms with E-state index in [9.17, 15) is 15.3 Å². The largest absolute Gasteiger partial charge is 0.394 e. The van der Waals surface area contributed by atoms with Gasteiger partial charge >= 0.3 is 0 Å². The highest BCUT2D eigenvalue weighted by atomic mass is 16.7. The fraction of sp³-hybridized carbons (Fsp3) is 0.778. The summed E-state index contributed by atoms with van der Waals surface area (Å²) in [6, 6.07) is 0. The molecule has 4 N–H and O–H groups in total. The molecule has 0 saturated carbocycles. The molecule has 15 heavy (non-hydrogen) atoms. The first-order valence-corrected chi connectivity index (χ1v) is 4.64. The lowest BCUT2D eigenvalue weighted by molar-refractivity contribution is -0.294. The summed E-state index contributed by atoms with van der Waals surface area (Å²) in [5.74, 6) is 0. The van der Waals surface area contributed by atoms with E-state index in [1.54, 1.807) is 0 Å². The number of hydrogen-bond acceptors (Lipinski definition) is 6. The maximum absolute atomic E-state index is 9.58. The third-order valence-corrected chi connectivity index (χ3v) is 2.25. The van der Waals surface area contributed by atoms with Crippen LogP contribution in [0, 0.1) is 0 Å². The zero-order chi connectivity index (χ0) is 11.4. The van der Waals surface area contributed by atoms with E-state index in [1.807, 2.05) is 0 Å². The van der Waals surface area contributed by atoms with Gasteiger partial charge in [0.05, 0.1) is 13.2 Å². The van der Waals surface area contributed by atoms with Crippen molar-refractivity contribution in [2.75, 3.05) is 13.2 Å². The van der Waals surface area contributed by atoms with E-state index in [0.717, 1.165) is 0 Å². The molecule has 0 aromatic rings. The molecule has 88 valence electrons. The molecular formula is C9H16O6. The first kappa shape index (κ1) is 12.6. The van der Waals surface area contributed by atoms with Gasteiger partial charge in [0.25, 0.3) is 0 Å². The summed E-state index contributed by atoms with van der Waals surface area (Å²) >= 11 is 0. The number of hydrogen-bond donors (Lipinski definition) is 4. The van der Waals surface area contributed by atoms with Gasteiger partial charge in [0.2, 0.25) is 0 Å². The smallest absolute Gasteiger partial charge is 0.184 e. The highest BCUT2D eigenvalue weighted by Crippen LogP contribution is 2.21. The van der Waals surface area contributed by atoms with Gasteiger partial charge in [-0.15, -0.1) is 6.58 Å². The third kappa shape index (κ3) is 2.75. The number of aliphatic hydroxyl groups is 4. The van der Waals surface area contributed by atoms with E-state index < -0.39 is 37.3 Å². The summed E-state index contributed by atoms with van der Waals surface area (Å²) in [5.41, 5.74) is 0. The van der Waals surface area contributed by atoms with Gasteiger partial charge in [-0.25, -0.2) is 0 Å². The Hall–Kier alpha value is -0.500. The van der Waals surface area contributed by atoms with E-state index in [-0.39, 0.29) is 6.61 Å². The lowest BCUT2D eigenvalue weighted by Crippen LogP contribution is -2.59. The molecular weight excluding hydrogens is 204 g/mol. The van der Waals surface area contributed by atoms with Crippen molar-refractivity contribution in [3.63, 3.8) is 0 Å². The van der Waals surface area contributed by atoms with Gasteiger partial charge < -0.3 is 29.9 Å². The molecule has 0 unspecified atom stereocenters. The van der Waals surface area contributed by atoms with Crippen molar-refractivity contribution in [3.05, 3.63) is 12.7 Å². The molecule has 0 bridgehead atoms. The zero-order valence-corrected chi connectivity index (χ0v) is 8.19. The predicted molar refractivity (Wildman–Crippen MR) is 49.9 cm³/mol. The molecule has 0 amide bonds. The van der Waals surface area contributed by atoms with Gasteiger partial charge in [-0.3, -0.25) is 0 Å². The number of rotatable bonds is 4. The van der Waals surface area contributed by atoms with Crippen LogP contribution in [0.2, 0.25) is 0 Å². The molecule has 1 heterocycles. The molecule has 0 spiro atoms. The number of ether oxygens (including phenoxy) is 2. The second-order valence-electron chi connectivity index (χ2n) is 3.32. The first-order valence-electron chi connectivity index (χ1n) is 4.64. The van der Waals surface area contributed by atoms with E-state index in [2.05, 4.69) is 6.58 Å². The second kappa shape index (κ2) is 5.55. The lowest BCUT2D eigenvalue weighted by atomic mass is 9.99. The van der Waals surface area contributed by atoms with Crippen molar-refractivity contribution in [3.8, 4) is 0 Å². The molecule has 0 radical (unpaired) electrons. The van der Waals surface area contributed by atoms with E-state index in [4.69, 9.17) is 14.6 Å². The fourth-order valence-corrected chi connectivity index (χ4v) is 1.43. The van der Waals surface area contributed by atoms with E-state index in [0.29, 0.717) is 0 Å². The van der Waals surface area contributed by atoms with Gasteiger partial charge in [-0.05, 0) is 0 Å². The van der Waals surface area contributed by atoms with Crippen LogP contribution in [0.4, 0.5) is 0 Å². The summed E-state index contributed by atoms with van der Waals surface area (Å²) in [5, 5.41) is 37.3. The van der Waals surface area contributed by atoms with Gasteiger partial charge in [0, 0.05) is 0 Å². The van der Waals surface area contributed by atoms with Crippen molar-refractivity contribution in [1.82, 2.24) is 0 Å². The third-order valence-electron chi connectivity index (χ3n) is 2.25. The van der Waals surface area contributed by atoms with Crippen molar-refractivity contribution in [2.45, 2.75) is 30.7 Å². The minimum absolute atomic E-state index is 0.124. The van der Waals surface area contributed by atoms with Gasteiger partial charge in [0.15, 0.2) is 6.29 Å². The topological polar surface area (TPSA) is 99.4 Å². The predicted octanol–water partition coefficient (Wildman–Crippen LogP) is -2.01. The maximum atomic E-state index is 9.58.